The number of hydrogen-bond donors (Lipinski definition) is 2. The number of nitrogens with one attached hydrogen (secondary N) is 1. The summed E-state index contributed by atoms with van der Waals surface area (Å²) in [6, 6.07) is 9.80. The lowest BCUT2D eigenvalue weighted by molar-refractivity contribution is -0.131. The Hall–Kier alpha value is -3.19. The Balaban J connectivity index is 1.71. The summed E-state index contributed by atoms with van der Waals surface area (Å²) in [5, 5.41) is 10.3. The summed E-state index contributed by atoms with van der Waals surface area (Å²) in [6.45, 7) is 6.23. The van der Waals surface area contributed by atoms with E-state index in [1.54, 1.807) is 13.8 Å². The number of carbonyl (C=O) groups is 1. The summed E-state index contributed by atoms with van der Waals surface area (Å²) in [5.74, 6) is 1.04. The fourth-order valence-corrected chi connectivity index (χ4v) is 4.59. The van der Waals surface area contributed by atoms with Crippen LogP contribution in [0.3, 0.4) is 0 Å². The summed E-state index contributed by atoms with van der Waals surface area (Å²) in [6.07, 6.45) is 6.09. The quantitative estimate of drug-likeness (QED) is 0.522. The van der Waals surface area contributed by atoms with Crippen LogP contribution in [0.4, 0.5) is 0 Å². The molecule has 0 radical (unpaired) electrons. The van der Waals surface area contributed by atoms with E-state index in [1.165, 1.54) is 0 Å². The van der Waals surface area contributed by atoms with Crippen LogP contribution in [-0.4, -0.2) is 41.8 Å². The van der Waals surface area contributed by atoms with Crippen LogP contribution in [0.15, 0.2) is 42.7 Å². The molecule has 0 aliphatic carbocycles. The average molecular weight is 418 g/mol. The van der Waals surface area contributed by atoms with Crippen molar-refractivity contribution in [2.45, 2.75) is 51.7 Å². The van der Waals surface area contributed by atoms with Gasteiger partial charge in [0, 0.05) is 24.7 Å². The third-order valence-electron chi connectivity index (χ3n) is 6.24. The first kappa shape index (κ1) is 19.8. The fourth-order valence-electron chi connectivity index (χ4n) is 4.59. The number of aromatic nitrogens is 4. The van der Waals surface area contributed by atoms with Crippen LogP contribution in [0, 0.1) is 0 Å². The molecular weight excluding hydrogens is 390 g/mol. The number of imidazole rings is 1. The normalized spacial score (nSPS) is 17.2. The zero-order valence-electron chi connectivity index (χ0n) is 18.1. The lowest BCUT2D eigenvalue weighted by atomic mass is 9.97. The molecule has 0 spiro atoms. The van der Waals surface area contributed by atoms with Crippen molar-refractivity contribution in [1.29, 1.82) is 0 Å². The van der Waals surface area contributed by atoms with Gasteiger partial charge in [-0.3, -0.25) is 9.20 Å². The third-order valence-corrected chi connectivity index (χ3v) is 6.24. The maximum atomic E-state index is 12.6. The summed E-state index contributed by atoms with van der Waals surface area (Å²) in [7, 11) is 0. The van der Waals surface area contributed by atoms with Crippen LogP contribution < -0.4 is 0 Å². The Morgan fingerprint density at radius 2 is 2.00 bits per heavy atom. The predicted molar refractivity (Wildman–Crippen MR) is 120 cm³/mol. The molecule has 1 aliphatic heterocycles. The highest BCUT2D eigenvalue weighted by Gasteiger charge is 2.33. The molecular formula is C24H27N5O2. The zero-order valence-corrected chi connectivity index (χ0v) is 18.1. The Labute approximate surface area is 180 Å². The van der Waals surface area contributed by atoms with Gasteiger partial charge in [0.2, 0.25) is 5.91 Å². The fraction of sp³-hybridized carbons (Fsp3) is 0.375. The molecule has 5 rings (SSSR count). The van der Waals surface area contributed by atoms with E-state index in [2.05, 4.69) is 14.4 Å². The van der Waals surface area contributed by atoms with Crippen LogP contribution in [0.2, 0.25) is 0 Å². The summed E-state index contributed by atoms with van der Waals surface area (Å²) >= 11 is 0. The number of aromatic amines is 1. The minimum absolute atomic E-state index is 0.0511. The predicted octanol–water partition coefficient (Wildman–Crippen LogP) is 4.18. The minimum atomic E-state index is -0.899. The Morgan fingerprint density at radius 1 is 1.23 bits per heavy atom. The number of benzene rings is 1. The van der Waals surface area contributed by atoms with Crippen LogP contribution in [-0.2, 0) is 10.4 Å². The van der Waals surface area contributed by atoms with Crippen molar-refractivity contribution < 1.29 is 9.90 Å². The molecule has 1 aromatic carbocycles. The third kappa shape index (κ3) is 3.20. The summed E-state index contributed by atoms with van der Waals surface area (Å²) in [5.41, 5.74) is 4.40. The summed E-state index contributed by atoms with van der Waals surface area (Å²) < 4.78 is 2.14. The molecule has 4 heterocycles. The summed E-state index contributed by atoms with van der Waals surface area (Å²) in [4.78, 5) is 27.4. The molecule has 0 saturated carbocycles. The molecule has 4 aromatic rings. The Bertz CT molecular complexity index is 1260. The van der Waals surface area contributed by atoms with Crippen LogP contribution in [0.25, 0.3) is 27.9 Å². The van der Waals surface area contributed by atoms with Gasteiger partial charge in [-0.25, -0.2) is 9.97 Å². The number of amides is 1. The van der Waals surface area contributed by atoms with Crippen molar-refractivity contribution >= 4 is 22.6 Å². The number of hydrogen-bond acceptors (Lipinski definition) is 4. The van der Waals surface area contributed by atoms with E-state index in [9.17, 15) is 9.90 Å². The molecule has 0 unspecified atom stereocenters. The topological polar surface area (TPSA) is 86.5 Å². The second kappa shape index (κ2) is 7.20. The van der Waals surface area contributed by atoms with Gasteiger partial charge in [-0.2, -0.15) is 0 Å². The van der Waals surface area contributed by atoms with Crippen molar-refractivity contribution in [3.8, 4) is 11.3 Å². The highest BCUT2D eigenvalue weighted by Crippen LogP contribution is 2.37. The molecule has 3 aromatic heterocycles. The number of rotatable bonds is 4. The number of carbonyl (C=O) groups excluding carboxylic acids is 1. The highest BCUT2D eigenvalue weighted by molar-refractivity contribution is 5.84. The van der Waals surface area contributed by atoms with Gasteiger partial charge in [-0.05, 0) is 38.3 Å². The lowest BCUT2D eigenvalue weighted by Crippen LogP contribution is -2.30. The van der Waals surface area contributed by atoms with Gasteiger partial charge in [-0.1, -0.05) is 31.2 Å². The van der Waals surface area contributed by atoms with Gasteiger partial charge in [0.15, 0.2) is 5.65 Å². The maximum Gasteiger partial charge on any atom is 0.222 e. The SMILES string of the molecule is CCC(=O)N1CCC[C@H]1c1nc(-c2ccc(C(C)(C)O)cc2)c2cnc3[nH]ccc3n12. The molecule has 1 fully saturated rings. The van der Waals surface area contributed by atoms with Crippen LogP contribution in [0.1, 0.15) is 57.5 Å². The van der Waals surface area contributed by atoms with Crippen molar-refractivity contribution in [2.75, 3.05) is 6.54 Å². The van der Waals surface area contributed by atoms with Gasteiger partial charge in [0.05, 0.1) is 34.6 Å². The highest BCUT2D eigenvalue weighted by atomic mass is 16.3. The van der Waals surface area contributed by atoms with E-state index in [0.29, 0.717) is 6.42 Å². The second-order valence-electron chi connectivity index (χ2n) is 8.74. The number of aliphatic hydroxyl groups is 1. The van der Waals surface area contributed by atoms with E-state index in [0.717, 1.165) is 58.7 Å². The molecule has 1 aliphatic rings. The van der Waals surface area contributed by atoms with E-state index < -0.39 is 5.60 Å². The maximum absolute atomic E-state index is 12.6. The van der Waals surface area contributed by atoms with Gasteiger partial charge in [0.25, 0.3) is 0 Å². The first-order valence-corrected chi connectivity index (χ1v) is 10.9. The standard InChI is InChI=1S/C24H27N5O2/c1-4-20(30)28-13-5-6-18(28)23-27-21(15-7-9-16(10-8-15)24(2,3)31)19-14-26-22-17(29(19)23)11-12-25-22/h7-12,14,18,25,31H,4-6,13H2,1-3H3/t18-/m0/s1. The van der Waals surface area contributed by atoms with E-state index >= 15 is 0 Å². The van der Waals surface area contributed by atoms with Gasteiger partial charge >= 0.3 is 0 Å². The molecule has 31 heavy (non-hydrogen) atoms. The second-order valence-corrected chi connectivity index (χ2v) is 8.74. The Kier molecular flexibility index (Phi) is 4.59. The molecule has 0 bridgehead atoms. The largest absolute Gasteiger partial charge is 0.386 e. The zero-order chi connectivity index (χ0) is 21.8. The smallest absolute Gasteiger partial charge is 0.222 e. The number of nitrogens with zero attached hydrogens (tertiary/aromatic N) is 4. The van der Waals surface area contributed by atoms with Crippen molar-refractivity contribution in [3.63, 3.8) is 0 Å². The van der Waals surface area contributed by atoms with Crippen LogP contribution >= 0.6 is 0 Å². The molecule has 7 nitrogen and oxygen atoms in total. The first-order valence-electron chi connectivity index (χ1n) is 10.9. The lowest BCUT2D eigenvalue weighted by Gasteiger charge is -2.23. The average Bonchev–Trinajstić information content (AvgIpc) is 3.49. The van der Waals surface area contributed by atoms with Crippen LogP contribution in [0.5, 0.6) is 0 Å². The molecule has 7 heteroatoms. The molecule has 2 N–H and O–H groups in total. The first-order chi connectivity index (χ1) is 14.9. The van der Waals surface area contributed by atoms with Crippen molar-refractivity contribution in [2.24, 2.45) is 0 Å². The van der Waals surface area contributed by atoms with Gasteiger partial charge < -0.3 is 15.0 Å². The van der Waals surface area contributed by atoms with E-state index in [4.69, 9.17) is 4.98 Å². The monoisotopic (exact) mass is 417 g/mol. The molecule has 1 amide bonds. The molecule has 160 valence electrons. The van der Waals surface area contributed by atoms with E-state index in [-0.39, 0.29) is 11.9 Å². The minimum Gasteiger partial charge on any atom is -0.386 e. The van der Waals surface area contributed by atoms with Gasteiger partial charge in [-0.15, -0.1) is 0 Å². The number of likely N-dealkylation sites (tertiary alicyclic amines) is 1. The van der Waals surface area contributed by atoms with Crippen molar-refractivity contribution in [1.82, 2.24) is 24.3 Å². The van der Waals surface area contributed by atoms with Crippen molar-refractivity contribution in [3.05, 3.63) is 54.1 Å². The molecule has 1 saturated heterocycles. The Morgan fingerprint density at radius 3 is 2.71 bits per heavy atom. The number of H-pyrrole nitrogens is 1. The molecule has 1 atom stereocenters. The van der Waals surface area contributed by atoms with E-state index in [1.807, 2.05) is 54.5 Å². The van der Waals surface area contributed by atoms with Gasteiger partial charge in [0.1, 0.15) is 5.82 Å². The number of fused-ring (bicyclic) bond motifs is 3.